The van der Waals surface area contributed by atoms with Crippen LogP contribution < -0.4 is 10.6 Å². The Morgan fingerprint density at radius 1 is 1.45 bits per heavy atom. The Labute approximate surface area is 119 Å². The zero-order chi connectivity index (χ0) is 14.6. The molecule has 3 N–H and O–H groups in total. The van der Waals surface area contributed by atoms with Gasteiger partial charge in [0.1, 0.15) is 5.92 Å². The van der Waals surface area contributed by atoms with E-state index in [2.05, 4.69) is 17.6 Å². The first kappa shape index (κ1) is 15.3. The zero-order valence-electron chi connectivity index (χ0n) is 12.0. The average molecular weight is 284 g/mol. The van der Waals surface area contributed by atoms with Crippen molar-refractivity contribution in [3.8, 4) is 0 Å². The molecule has 0 bridgehead atoms. The van der Waals surface area contributed by atoms with Crippen LogP contribution in [-0.2, 0) is 14.3 Å². The van der Waals surface area contributed by atoms with Gasteiger partial charge in [0, 0.05) is 6.54 Å². The molecule has 3 unspecified atom stereocenters. The van der Waals surface area contributed by atoms with Crippen molar-refractivity contribution in [2.24, 2.45) is 11.3 Å². The Morgan fingerprint density at radius 3 is 2.85 bits per heavy atom. The maximum atomic E-state index is 12.6. The standard InChI is InChI=1S/C14H24N2O4/c1-2-4-14(5-3-6-15-9-14)13(19)16-11-8-20-7-10(11)12(17)18/h10-11,15H,2-9H2,1H3,(H,16,19)(H,17,18). The zero-order valence-corrected chi connectivity index (χ0v) is 12.0. The van der Waals surface area contributed by atoms with E-state index in [9.17, 15) is 9.59 Å². The van der Waals surface area contributed by atoms with E-state index in [0.717, 1.165) is 32.2 Å². The lowest BCUT2D eigenvalue weighted by atomic mass is 9.76. The number of nitrogens with one attached hydrogen (secondary N) is 2. The number of amides is 1. The number of carboxylic acid groups (broad SMARTS) is 1. The Kier molecular flexibility index (Phi) is 4.99. The van der Waals surface area contributed by atoms with Gasteiger partial charge in [-0.25, -0.2) is 0 Å². The summed E-state index contributed by atoms with van der Waals surface area (Å²) >= 11 is 0. The van der Waals surface area contributed by atoms with E-state index in [0.29, 0.717) is 13.2 Å². The van der Waals surface area contributed by atoms with Gasteiger partial charge in [0.2, 0.25) is 5.91 Å². The fraction of sp³-hybridized carbons (Fsp3) is 0.857. The number of aliphatic carboxylic acids is 1. The third-order valence-corrected chi connectivity index (χ3v) is 4.40. The summed E-state index contributed by atoms with van der Waals surface area (Å²) in [7, 11) is 0. The van der Waals surface area contributed by atoms with E-state index in [-0.39, 0.29) is 12.5 Å². The number of ether oxygens (including phenoxy) is 1. The third-order valence-electron chi connectivity index (χ3n) is 4.40. The van der Waals surface area contributed by atoms with Crippen LogP contribution in [0, 0.1) is 11.3 Å². The number of carbonyl (C=O) groups is 2. The Balaban J connectivity index is 2.03. The van der Waals surface area contributed by atoms with E-state index >= 15 is 0 Å². The summed E-state index contributed by atoms with van der Waals surface area (Å²) in [6, 6.07) is -0.407. The minimum absolute atomic E-state index is 0.0201. The van der Waals surface area contributed by atoms with Crippen molar-refractivity contribution in [3.05, 3.63) is 0 Å². The van der Waals surface area contributed by atoms with Crippen LogP contribution >= 0.6 is 0 Å². The second kappa shape index (κ2) is 6.54. The topological polar surface area (TPSA) is 87.7 Å². The first-order valence-corrected chi connectivity index (χ1v) is 7.41. The summed E-state index contributed by atoms with van der Waals surface area (Å²) in [6.07, 6.45) is 3.62. The van der Waals surface area contributed by atoms with Crippen molar-refractivity contribution in [3.63, 3.8) is 0 Å². The molecule has 2 heterocycles. The Hall–Kier alpha value is -1.14. The van der Waals surface area contributed by atoms with Crippen LogP contribution in [0.2, 0.25) is 0 Å². The predicted octanol–water partition coefficient (Wildman–Crippen LogP) is 0.372. The molecule has 2 saturated heterocycles. The van der Waals surface area contributed by atoms with Gasteiger partial charge in [-0.3, -0.25) is 9.59 Å². The van der Waals surface area contributed by atoms with Crippen LogP contribution in [0.3, 0.4) is 0 Å². The molecular weight excluding hydrogens is 260 g/mol. The van der Waals surface area contributed by atoms with Crippen molar-refractivity contribution in [2.45, 2.75) is 38.6 Å². The fourth-order valence-electron chi connectivity index (χ4n) is 3.23. The summed E-state index contributed by atoms with van der Waals surface area (Å²) in [5.41, 5.74) is -0.390. The summed E-state index contributed by atoms with van der Waals surface area (Å²) in [5.74, 6) is -1.55. The molecule has 2 rings (SSSR count). The lowest BCUT2D eigenvalue weighted by Crippen LogP contribution is -2.54. The van der Waals surface area contributed by atoms with E-state index < -0.39 is 23.3 Å². The molecule has 0 aliphatic carbocycles. The molecule has 6 heteroatoms. The molecule has 2 aliphatic heterocycles. The first-order chi connectivity index (χ1) is 9.59. The van der Waals surface area contributed by atoms with Crippen LogP contribution in [0.4, 0.5) is 0 Å². The lowest BCUT2D eigenvalue weighted by Gasteiger charge is -2.37. The second-order valence-corrected chi connectivity index (χ2v) is 5.87. The van der Waals surface area contributed by atoms with E-state index in [1.54, 1.807) is 0 Å². The molecule has 1 amide bonds. The van der Waals surface area contributed by atoms with Gasteiger partial charge in [-0.15, -0.1) is 0 Å². The van der Waals surface area contributed by atoms with Gasteiger partial charge in [0.25, 0.3) is 0 Å². The van der Waals surface area contributed by atoms with Gasteiger partial charge in [0.15, 0.2) is 0 Å². The van der Waals surface area contributed by atoms with Crippen molar-refractivity contribution in [1.29, 1.82) is 0 Å². The van der Waals surface area contributed by atoms with Crippen molar-refractivity contribution in [2.75, 3.05) is 26.3 Å². The molecule has 0 spiro atoms. The van der Waals surface area contributed by atoms with Crippen molar-refractivity contribution >= 4 is 11.9 Å². The highest BCUT2D eigenvalue weighted by Crippen LogP contribution is 2.32. The molecule has 6 nitrogen and oxygen atoms in total. The highest BCUT2D eigenvalue weighted by Gasteiger charge is 2.42. The van der Waals surface area contributed by atoms with Crippen LogP contribution in [0.25, 0.3) is 0 Å². The van der Waals surface area contributed by atoms with E-state index in [1.807, 2.05) is 0 Å². The Morgan fingerprint density at radius 2 is 2.25 bits per heavy atom. The molecular formula is C14H24N2O4. The predicted molar refractivity (Wildman–Crippen MR) is 73.3 cm³/mol. The highest BCUT2D eigenvalue weighted by molar-refractivity contribution is 5.84. The van der Waals surface area contributed by atoms with Gasteiger partial charge in [-0.05, 0) is 25.8 Å². The molecule has 2 fully saturated rings. The lowest BCUT2D eigenvalue weighted by molar-refractivity contribution is -0.142. The van der Waals surface area contributed by atoms with Gasteiger partial charge in [-0.1, -0.05) is 13.3 Å². The quantitative estimate of drug-likeness (QED) is 0.679. The molecule has 3 atom stereocenters. The van der Waals surface area contributed by atoms with Gasteiger partial charge >= 0.3 is 5.97 Å². The summed E-state index contributed by atoms with van der Waals surface area (Å²) in [5, 5.41) is 15.3. The Bertz CT molecular complexity index is 361. The number of hydrogen-bond donors (Lipinski definition) is 3. The van der Waals surface area contributed by atoms with Crippen LogP contribution in [0.15, 0.2) is 0 Å². The molecule has 2 aliphatic rings. The maximum absolute atomic E-state index is 12.6. The number of carboxylic acids is 1. The van der Waals surface area contributed by atoms with Crippen molar-refractivity contribution in [1.82, 2.24) is 10.6 Å². The molecule has 0 aromatic heterocycles. The molecule has 0 aromatic carbocycles. The second-order valence-electron chi connectivity index (χ2n) is 5.87. The van der Waals surface area contributed by atoms with Crippen molar-refractivity contribution < 1.29 is 19.4 Å². The third kappa shape index (κ3) is 3.12. The fourth-order valence-corrected chi connectivity index (χ4v) is 3.23. The monoisotopic (exact) mass is 284 g/mol. The number of hydrogen-bond acceptors (Lipinski definition) is 4. The average Bonchev–Trinajstić information content (AvgIpc) is 2.88. The maximum Gasteiger partial charge on any atom is 0.311 e. The molecule has 20 heavy (non-hydrogen) atoms. The first-order valence-electron chi connectivity index (χ1n) is 7.41. The van der Waals surface area contributed by atoms with Gasteiger partial charge < -0.3 is 20.5 Å². The van der Waals surface area contributed by atoms with Gasteiger partial charge in [0.05, 0.1) is 24.7 Å². The number of rotatable bonds is 5. The summed E-state index contributed by atoms with van der Waals surface area (Å²) in [4.78, 5) is 23.8. The van der Waals surface area contributed by atoms with E-state index in [1.165, 1.54) is 0 Å². The summed E-state index contributed by atoms with van der Waals surface area (Å²) < 4.78 is 5.20. The minimum atomic E-state index is -0.904. The number of carbonyl (C=O) groups excluding carboxylic acids is 1. The van der Waals surface area contributed by atoms with E-state index in [4.69, 9.17) is 9.84 Å². The smallest absolute Gasteiger partial charge is 0.311 e. The highest BCUT2D eigenvalue weighted by atomic mass is 16.5. The molecule has 0 radical (unpaired) electrons. The van der Waals surface area contributed by atoms with Gasteiger partial charge in [-0.2, -0.15) is 0 Å². The van der Waals surface area contributed by atoms with Crippen LogP contribution in [-0.4, -0.2) is 49.3 Å². The van der Waals surface area contributed by atoms with Crippen LogP contribution in [0.1, 0.15) is 32.6 Å². The SMILES string of the molecule is CCCC1(C(=O)NC2COCC2C(=O)O)CCCNC1. The summed E-state index contributed by atoms with van der Waals surface area (Å²) in [6.45, 7) is 4.17. The normalized spacial score (nSPS) is 33.9. The number of piperidine rings is 1. The van der Waals surface area contributed by atoms with Crippen LogP contribution in [0.5, 0.6) is 0 Å². The molecule has 0 aromatic rings. The minimum Gasteiger partial charge on any atom is -0.481 e. The largest absolute Gasteiger partial charge is 0.481 e. The molecule has 0 saturated carbocycles. The molecule has 114 valence electrons.